The third-order valence-electron chi connectivity index (χ3n) is 2.56. The molecule has 0 amide bonds. The van der Waals surface area contributed by atoms with E-state index in [1.807, 2.05) is 0 Å². The molecule has 0 aliphatic heterocycles. The molecule has 0 aromatic heterocycles. The molecule has 0 aromatic carbocycles. The van der Waals surface area contributed by atoms with E-state index in [1.54, 1.807) is 0 Å². The molecular formula is C12H20O. The molecule has 0 saturated heterocycles. The van der Waals surface area contributed by atoms with Crippen molar-refractivity contribution in [3.05, 3.63) is 23.8 Å². The van der Waals surface area contributed by atoms with Crippen molar-refractivity contribution in [2.24, 2.45) is 5.92 Å². The highest BCUT2D eigenvalue weighted by Crippen LogP contribution is 2.21. The van der Waals surface area contributed by atoms with Crippen LogP contribution in [-0.2, 0) is 0 Å². The molecule has 1 N–H and O–H groups in total. The molecule has 0 bridgehead atoms. The van der Waals surface area contributed by atoms with Gasteiger partial charge < -0.3 is 5.11 Å². The lowest BCUT2D eigenvalue weighted by atomic mass is 9.92. The minimum Gasteiger partial charge on any atom is -0.396 e. The zero-order chi connectivity index (χ0) is 9.52. The number of rotatable bonds is 4. The van der Waals surface area contributed by atoms with Crippen LogP contribution in [0.3, 0.4) is 0 Å². The minimum atomic E-state index is 0.315. The highest BCUT2D eigenvalue weighted by molar-refractivity contribution is 5.05. The van der Waals surface area contributed by atoms with Crippen molar-refractivity contribution in [3.63, 3.8) is 0 Å². The molecule has 0 aromatic rings. The molecular weight excluding hydrogens is 160 g/mol. The highest BCUT2D eigenvalue weighted by Gasteiger charge is 2.06. The Morgan fingerprint density at radius 3 is 3.00 bits per heavy atom. The number of aliphatic hydroxyl groups excluding tert-OH is 1. The van der Waals surface area contributed by atoms with E-state index in [2.05, 4.69) is 25.2 Å². The average molecular weight is 180 g/mol. The lowest BCUT2D eigenvalue weighted by Crippen LogP contribution is -1.99. The Hall–Kier alpha value is -0.560. The highest BCUT2D eigenvalue weighted by atomic mass is 16.2. The van der Waals surface area contributed by atoms with Gasteiger partial charge in [0.25, 0.3) is 0 Å². The molecule has 0 fully saturated rings. The summed E-state index contributed by atoms with van der Waals surface area (Å²) in [5.41, 5.74) is 1.44. The molecule has 1 nitrogen and oxygen atoms in total. The molecule has 74 valence electrons. The second-order valence-electron chi connectivity index (χ2n) is 3.88. The molecule has 1 unspecified atom stereocenters. The van der Waals surface area contributed by atoms with Gasteiger partial charge in [0.2, 0.25) is 0 Å². The first-order chi connectivity index (χ1) is 6.33. The van der Waals surface area contributed by atoms with Crippen LogP contribution in [0.5, 0.6) is 0 Å². The first-order valence-corrected chi connectivity index (χ1v) is 5.26. The van der Waals surface area contributed by atoms with Gasteiger partial charge in [0.1, 0.15) is 0 Å². The van der Waals surface area contributed by atoms with Gasteiger partial charge in [0.15, 0.2) is 0 Å². The maximum Gasteiger partial charge on any atom is 0.0434 e. The van der Waals surface area contributed by atoms with Crippen molar-refractivity contribution in [2.75, 3.05) is 6.61 Å². The number of aliphatic hydroxyl groups is 1. The Kier molecular flexibility index (Phi) is 4.84. The molecule has 1 rings (SSSR count). The van der Waals surface area contributed by atoms with Crippen LogP contribution in [0.4, 0.5) is 0 Å². The first kappa shape index (κ1) is 10.5. The monoisotopic (exact) mass is 180 g/mol. The largest absolute Gasteiger partial charge is 0.396 e. The van der Waals surface area contributed by atoms with E-state index in [1.165, 1.54) is 24.8 Å². The molecule has 1 atom stereocenters. The number of allylic oxidation sites excluding steroid dienone is 4. The second-order valence-corrected chi connectivity index (χ2v) is 3.88. The second kappa shape index (κ2) is 5.98. The Bertz CT molecular complexity index is 191. The third-order valence-corrected chi connectivity index (χ3v) is 2.56. The van der Waals surface area contributed by atoms with Crippen molar-refractivity contribution in [2.45, 2.75) is 39.0 Å². The summed E-state index contributed by atoms with van der Waals surface area (Å²) in [6, 6.07) is 0. The zero-order valence-corrected chi connectivity index (χ0v) is 8.50. The van der Waals surface area contributed by atoms with Crippen LogP contribution < -0.4 is 0 Å². The van der Waals surface area contributed by atoms with Crippen LogP contribution in [0.25, 0.3) is 0 Å². The summed E-state index contributed by atoms with van der Waals surface area (Å²) in [5, 5.41) is 8.68. The van der Waals surface area contributed by atoms with Gasteiger partial charge in [-0.3, -0.25) is 0 Å². The van der Waals surface area contributed by atoms with E-state index < -0.39 is 0 Å². The van der Waals surface area contributed by atoms with E-state index in [9.17, 15) is 0 Å². The van der Waals surface area contributed by atoms with Crippen molar-refractivity contribution < 1.29 is 5.11 Å². The van der Waals surface area contributed by atoms with Crippen LogP contribution >= 0.6 is 0 Å². The van der Waals surface area contributed by atoms with E-state index in [0.29, 0.717) is 6.61 Å². The van der Waals surface area contributed by atoms with E-state index in [-0.39, 0.29) is 0 Å². The van der Waals surface area contributed by atoms with Crippen LogP contribution in [0.1, 0.15) is 39.0 Å². The summed E-state index contributed by atoms with van der Waals surface area (Å²) < 4.78 is 0. The van der Waals surface area contributed by atoms with Crippen molar-refractivity contribution >= 4 is 0 Å². The zero-order valence-electron chi connectivity index (χ0n) is 8.50. The average Bonchev–Trinajstić information content (AvgIpc) is 2.16. The van der Waals surface area contributed by atoms with Crippen LogP contribution in [0.2, 0.25) is 0 Å². The Labute approximate surface area is 81.2 Å². The van der Waals surface area contributed by atoms with Crippen molar-refractivity contribution in [3.8, 4) is 0 Å². The number of hydrogen-bond acceptors (Lipinski definition) is 1. The Balaban J connectivity index is 2.30. The molecule has 1 heteroatoms. The number of hydrogen-bond donors (Lipinski definition) is 1. The van der Waals surface area contributed by atoms with Gasteiger partial charge in [-0.25, -0.2) is 0 Å². The Morgan fingerprint density at radius 2 is 2.38 bits per heavy atom. The quantitative estimate of drug-likeness (QED) is 0.659. The molecule has 0 spiro atoms. The minimum absolute atomic E-state index is 0.315. The van der Waals surface area contributed by atoms with Gasteiger partial charge >= 0.3 is 0 Å². The summed E-state index contributed by atoms with van der Waals surface area (Å²) in [6.45, 7) is 2.49. The van der Waals surface area contributed by atoms with Gasteiger partial charge in [-0.15, -0.1) is 0 Å². The lowest BCUT2D eigenvalue weighted by Gasteiger charge is -2.14. The third kappa shape index (κ3) is 4.28. The molecule has 0 radical (unpaired) electrons. The van der Waals surface area contributed by atoms with Crippen LogP contribution in [-0.4, -0.2) is 11.7 Å². The topological polar surface area (TPSA) is 20.2 Å². The fourth-order valence-corrected chi connectivity index (χ4v) is 1.81. The maximum atomic E-state index is 8.68. The first-order valence-electron chi connectivity index (χ1n) is 5.26. The van der Waals surface area contributed by atoms with Gasteiger partial charge in [-0.2, -0.15) is 0 Å². The summed E-state index contributed by atoms with van der Waals surface area (Å²) in [6.07, 6.45) is 12.6. The molecule has 1 aliphatic carbocycles. The van der Waals surface area contributed by atoms with Gasteiger partial charge in [-0.1, -0.05) is 23.8 Å². The molecule has 0 heterocycles. The smallest absolute Gasteiger partial charge is 0.0434 e. The summed E-state index contributed by atoms with van der Waals surface area (Å²) in [4.78, 5) is 0. The van der Waals surface area contributed by atoms with Gasteiger partial charge in [-0.05, 0) is 44.9 Å². The SMILES string of the molecule is C/C(=C\C1CC=CCC1)CCCO. The standard InChI is InChI=1S/C12H20O/c1-11(6-5-9-13)10-12-7-3-2-4-8-12/h2-3,10,12-13H,4-9H2,1H3/b11-10+. The fraction of sp³-hybridized carbons (Fsp3) is 0.667. The van der Waals surface area contributed by atoms with Crippen molar-refractivity contribution in [1.29, 1.82) is 0 Å². The van der Waals surface area contributed by atoms with Crippen LogP contribution in [0.15, 0.2) is 23.8 Å². The predicted molar refractivity (Wildman–Crippen MR) is 56.6 cm³/mol. The maximum absolute atomic E-state index is 8.68. The predicted octanol–water partition coefficient (Wildman–Crippen LogP) is 3.06. The molecule has 1 aliphatic rings. The summed E-state index contributed by atoms with van der Waals surface area (Å²) in [5.74, 6) is 0.753. The van der Waals surface area contributed by atoms with Crippen LogP contribution in [0, 0.1) is 5.92 Å². The van der Waals surface area contributed by atoms with E-state index in [4.69, 9.17) is 5.11 Å². The Morgan fingerprint density at radius 1 is 1.54 bits per heavy atom. The van der Waals surface area contributed by atoms with E-state index >= 15 is 0 Å². The summed E-state index contributed by atoms with van der Waals surface area (Å²) in [7, 11) is 0. The van der Waals surface area contributed by atoms with Gasteiger partial charge in [0.05, 0.1) is 0 Å². The lowest BCUT2D eigenvalue weighted by molar-refractivity contribution is 0.288. The fourth-order valence-electron chi connectivity index (χ4n) is 1.81. The van der Waals surface area contributed by atoms with E-state index in [0.717, 1.165) is 18.8 Å². The van der Waals surface area contributed by atoms with Gasteiger partial charge in [0, 0.05) is 6.61 Å². The van der Waals surface area contributed by atoms with Crippen molar-refractivity contribution in [1.82, 2.24) is 0 Å². The molecule has 0 saturated carbocycles. The summed E-state index contributed by atoms with van der Waals surface area (Å²) >= 11 is 0. The molecule has 13 heavy (non-hydrogen) atoms. The normalized spacial score (nSPS) is 23.5.